The molecule has 0 fully saturated rings. The van der Waals surface area contributed by atoms with Gasteiger partial charge in [-0.05, 0) is 28.1 Å². The highest BCUT2D eigenvalue weighted by Crippen LogP contribution is 2.30. The summed E-state index contributed by atoms with van der Waals surface area (Å²) >= 11 is 4.91. The summed E-state index contributed by atoms with van der Waals surface area (Å²) in [7, 11) is 0. The highest BCUT2D eigenvalue weighted by molar-refractivity contribution is 9.11. The average Bonchev–Trinajstić information content (AvgIpc) is 2.71. The second-order valence-corrected chi connectivity index (χ2v) is 4.85. The molecule has 0 spiro atoms. The van der Waals surface area contributed by atoms with E-state index in [1.807, 2.05) is 12.1 Å². The first-order valence-corrected chi connectivity index (χ1v) is 5.16. The summed E-state index contributed by atoms with van der Waals surface area (Å²) in [5, 5.41) is 0. The molecule has 5 heteroatoms. The van der Waals surface area contributed by atoms with E-state index < -0.39 is 0 Å². The predicted molar refractivity (Wildman–Crippen MR) is 55.0 cm³/mol. The third-order valence-corrected chi connectivity index (χ3v) is 3.22. The smallest absolute Gasteiger partial charge is 0.168 e. The van der Waals surface area contributed by atoms with E-state index in [1.54, 1.807) is 11.3 Å². The Balaban J connectivity index is 2.51. The lowest BCUT2D eigenvalue weighted by Crippen LogP contribution is -1.82. The SMILES string of the molecule is O=Cc1[nH]cnc1-c1ccc(Br)s1. The van der Waals surface area contributed by atoms with Crippen molar-refractivity contribution in [2.75, 3.05) is 0 Å². The Morgan fingerprint density at radius 1 is 1.54 bits per heavy atom. The maximum absolute atomic E-state index is 10.6. The summed E-state index contributed by atoms with van der Waals surface area (Å²) in [5.41, 5.74) is 1.24. The van der Waals surface area contributed by atoms with Crippen LogP contribution in [0.5, 0.6) is 0 Å². The van der Waals surface area contributed by atoms with Gasteiger partial charge >= 0.3 is 0 Å². The number of halogens is 1. The Bertz CT molecular complexity index is 435. The van der Waals surface area contributed by atoms with Crippen LogP contribution in [0, 0.1) is 0 Å². The van der Waals surface area contributed by atoms with Crippen LogP contribution in [-0.4, -0.2) is 16.3 Å². The number of aromatic nitrogens is 2. The summed E-state index contributed by atoms with van der Waals surface area (Å²) in [6, 6.07) is 3.86. The molecule has 0 unspecified atom stereocenters. The number of nitrogens with one attached hydrogen (secondary N) is 1. The molecular formula is C8H5BrN2OS. The molecule has 2 aromatic rings. The Morgan fingerprint density at radius 3 is 3.00 bits per heavy atom. The fourth-order valence-corrected chi connectivity index (χ4v) is 2.43. The second-order valence-electron chi connectivity index (χ2n) is 2.39. The number of carbonyl (C=O) groups is 1. The van der Waals surface area contributed by atoms with E-state index in [9.17, 15) is 4.79 Å². The van der Waals surface area contributed by atoms with Gasteiger partial charge in [0.1, 0.15) is 11.4 Å². The van der Waals surface area contributed by atoms with E-state index in [2.05, 4.69) is 25.9 Å². The number of hydrogen-bond acceptors (Lipinski definition) is 3. The molecule has 0 amide bonds. The lowest BCUT2D eigenvalue weighted by atomic mass is 10.3. The van der Waals surface area contributed by atoms with Crippen LogP contribution in [-0.2, 0) is 0 Å². The number of nitrogens with zero attached hydrogens (tertiary/aromatic N) is 1. The molecule has 2 rings (SSSR count). The van der Waals surface area contributed by atoms with Crippen molar-refractivity contribution in [2.24, 2.45) is 0 Å². The van der Waals surface area contributed by atoms with Crippen molar-refractivity contribution in [2.45, 2.75) is 0 Å². The number of aromatic amines is 1. The molecule has 3 nitrogen and oxygen atoms in total. The zero-order valence-electron chi connectivity index (χ0n) is 6.45. The maximum Gasteiger partial charge on any atom is 0.168 e. The van der Waals surface area contributed by atoms with Crippen molar-refractivity contribution in [1.82, 2.24) is 9.97 Å². The molecule has 0 radical (unpaired) electrons. The van der Waals surface area contributed by atoms with Crippen molar-refractivity contribution >= 4 is 33.6 Å². The van der Waals surface area contributed by atoms with Crippen molar-refractivity contribution in [3.8, 4) is 10.6 Å². The van der Waals surface area contributed by atoms with Crippen LogP contribution in [0.1, 0.15) is 10.5 Å². The second kappa shape index (κ2) is 3.43. The first kappa shape index (κ1) is 8.65. The lowest BCUT2D eigenvalue weighted by molar-refractivity contribution is 0.112. The summed E-state index contributed by atoms with van der Waals surface area (Å²) in [4.78, 5) is 18.4. The third-order valence-electron chi connectivity index (χ3n) is 1.59. The summed E-state index contributed by atoms with van der Waals surface area (Å²) in [6.07, 6.45) is 2.29. The Morgan fingerprint density at radius 2 is 2.38 bits per heavy atom. The van der Waals surface area contributed by atoms with Crippen molar-refractivity contribution < 1.29 is 4.79 Å². The minimum Gasteiger partial charge on any atom is -0.342 e. The number of aldehydes is 1. The minimum absolute atomic E-state index is 0.523. The number of thiophene rings is 1. The van der Waals surface area contributed by atoms with E-state index in [-0.39, 0.29) is 0 Å². The van der Waals surface area contributed by atoms with Crippen LogP contribution in [0.4, 0.5) is 0 Å². The van der Waals surface area contributed by atoms with Crippen LogP contribution < -0.4 is 0 Å². The number of imidazole rings is 1. The normalized spacial score (nSPS) is 10.2. The maximum atomic E-state index is 10.6. The zero-order chi connectivity index (χ0) is 9.26. The van der Waals surface area contributed by atoms with Crippen LogP contribution in [0.3, 0.4) is 0 Å². The van der Waals surface area contributed by atoms with Crippen molar-refractivity contribution in [3.63, 3.8) is 0 Å². The molecule has 1 N–H and O–H groups in total. The zero-order valence-corrected chi connectivity index (χ0v) is 8.85. The van der Waals surface area contributed by atoms with Gasteiger partial charge in [0.2, 0.25) is 0 Å². The van der Waals surface area contributed by atoms with Gasteiger partial charge in [0.15, 0.2) is 6.29 Å². The van der Waals surface area contributed by atoms with Crippen LogP contribution >= 0.6 is 27.3 Å². The van der Waals surface area contributed by atoms with Crippen LogP contribution in [0.2, 0.25) is 0 Å². The first-order chi connectivity index (χ1) is 6.31. The Labute approximate surface area is 87.0 Å². The molecule has 0 aliphatic rings. The van der Waals surface area contributed by atoms with E-state index in [1.165, 1.54) is 6.33 Å². The van der Waals surface area contributed by atoms with E-state index >= 15 is 0 Å². The van der Waals surface area contributed by atoms with Gasteiger partial charge in [-0.15, -0.1) is 11.3 Å². The largest absolute Gasteiger partial charge is 0.342 e. The topological polar surface area (TPSA) is 45.8 Å². The summed E-state index contributed by atoms with van der Waals surface area (Å²) in [5.74, 6) is 0. The van der Waals surface area contributed by atoms with Gasteiger partial charge in [0.05, 0.1) is 15.0 Å². The van der Waals surface area contributed by atoms with E-state index in [4.69, 9.17) is 0 Å². The molecule has 2 heterocycles. The molecule has 66 valence electrons. The number of hydrogen-bond donors (Lipinski definition) is 1. The minimum atomic E-state index is 0.523. The average molecular weight is 257 g/mol. The van der Waals surface area contributed by atoms with Gasteiger partial charge in [-0.25, -0.2) is 4.98 Å². The van der Waals surface area contributed by atoms with Gasteiger partial charge in [-0.2, -0.15) is 0 Å². The quantitative estimate of drug-likeness (QED) is 0.841. The molecule has 0 bridgehead atoms. The molecule has 0 aromatic carbocycles. The predicted octanol–water partition coefficient (Wildman–Crippen LogP) is 2.71. The van der Waals surface area contributed by atoms with Gasteiger partial charge in [0.25, 0.3) is 0 Å². The van der Waals surface area contributed by atoms with Crippen LogP contribution in [0.25, 0.3) is 10.6 Å². The van der Waals surface area contributed by atoms with Gasteiger partial charge < -0.3 is 4.98 Å². The molecule has 0 aliphatic heterocycles. The highest BCUT2D eigenvalue weighted by Gasteiger charge is 2.08. The van der Waals surface area contributed by atoms with E-state index in [0.717, 1.165) is 14.9 Å². The third kappa shape index (κ3) is 1.57. The van der Waals surface area contributed by atoms with Gasteiger partial charge in [0, 0.05) is 0 Å². The molecule has 0 atom stereocenters. The summed E-state index contributed by atoms with van der Waals surface area (Å²) in [6.45, 7) is 0. The standard InChI is InChI=1S/C8H5BrN2OS/c9-7-2-1-6(13-7)8-5(3-12)10-4-11-8/h1-4H,(H,10,11). The highest BCUT2D eigenvalue weighted by atomic mass is 79.9. The number of carbonyl (C=O) groups excluding carboxylic acids is 1. The summed E-state index contributed by atoms with van der Waals surface area (Å²) < 4.78 is 1.03. The van der Waals surface area contributed by atoms with Crippen molar-refractivity contribution in [1.29, 1.82) is 0 Å². The lowest BCUT2D eigenvalue weighted by Gasteiger charge is -1.89. The molecule has 0 saturated heterocycles. The monoisotopic (exact) mass is 256 g/mol. The van der Waals surface area contributed by atoms with Crippen LogP contribution in [0.15, 0.2) is 22.2 Å². The Hall–Kier alpha value is -0.940. The molecule has 0 saturated carbocycles. The molecular weight excluding hydrogens is 252 g/mol. The van der Waals surface area contributed by atoms with Gasteiger partial charge in [-0.3, -0.25) is 4.79 Å². The molecule has 13 heavy (non-hydrogen) atoms. The number of rotatable bonds is 2. The van der Waals surface area contributed by atoms with E-state index in [0.29, 0.717) is 11.4 Å². The number of H-pyrrole nitrogens is 1. The fraction of sp³-hybridized carbons (Fsp3) is 0. The first-order valence-electron chi connectivity index (χ1n) is 3.55. The Kier molecular flexibility index (Phi) is 2.28. The van der Waals surface area contributed by atoms with Crippen molar-refractivity contribution in [3.05, 3.63) is 27.9 Å². The fourth-order valence-electron chi connectivity index (χ4n) is 1.03. The van der Waals surface area contributed by atoms with Gasteiger partial charge in [-0.1, -0.05) is 0 Å². The molecule has 2 aromatic heterocycles. The molecule has 0 aliphatic carbocycles.